The number of hydrogen-bond donors (Lipinski definition) is 0. The van der Waals surface area contributed by atoms with Gasteiger partial charge < -0.3 is 14.4 Å². The van der Waals surface area contributed by atoms with E-state index in [-0.39, 0.29) is 24.5 Å². The highest BCUT2D eigenvalue weighted by Crippen LogP contribution is 2.33. The van der Waals surface area contributed by atoms with Crippen molar-refractivity contribution in [1.29, 1.82) is 0 Å². The third-order valence-corrected chi connectivity index (χ3v) is 9.44. The van der Waals surface area contributed by atoms with Crippen LogP contribution in [0.25, 0.3) is 10.1 Å². The predicted molar refractivity (Wildman–Crippen MR) is 172 cm³/mol. The lowest BCUT2D eigenvalue weighted by Gasteiger charge is -2.36. The van der Waals surface area contributed by atoms with E-state index in [1.54, 1.807) is 4.90 Å². The average molecular weight is 592 g/mol. The summed E-state index contributed by atoms with van der Waals surface area (Å²) in [6, 6.07) is 14.8. The zero-order chi connectivity index (χ0) is 29.3. The molecule has 5 rings (SSSR count). The van der Waals surface area contributed by atoms with Crippen molar-refractivity contribution >= 4 is 44.7 Å². The maximum Gasteiger partial charge on any atom is 0.310 e. The van der Waals surface area contributed by atoms with Gasteiger partial charge in [0.05, 0.1) is 18.2 Å². The fraction of sp³-hybridized carbons (Fsp3) is 0.529. The summed E-state index contributed by atoms with van der Waals surface area (Å²) in [5.41, 5.74) is 3.25. The van der Waals surface area contributed by atoms with Crippen LogP contribution in [-0.2, 0) is 20.7 Å². The van der Waals surface area contributed by atoms with Gasteiger partial charge in [-0.3, -0.25) is 19.4 Å². The van der Waals surface area contributed by atoms with Gasteiger partial charge in [-0.25, -0.2) is 0 Å². The molecule has 3 aromatic rings. The van der Waals surface area contributed by atoms with Crippen LogP contribution in [0.4, 0.5) is 11.4 Å². The monoisotopic (exact) mass is 591 g/mol. The number of carbonyl (C=O) groups excluding carboxylic acids is 2. The van der Waals surface area contributed by atoms with Crippen molar-refractivity contribution in [2.24, 2.45) is 5.92 Å². The Morgan fingerprint density at radius 3 is 2.67 bits per heavy atom. The first-order valence-corrected chi connectivity index (χ1v) is 16.6. The highest BCUT2D eigenvalue weighted by Gasteiger charge is 2.27. The summed E-state index contributed by atoms with van der Waals surface area (Å²) in [5.74, 6) is 0.345. The maximum absolute atomic E-state index is 12.7. The fourth-order valence-corrected chi connectivity index (χ4v) is 6.74. The number of benzene rings is 2. The Balaban J connectivity index is 1.04. The first-order valence-electron chi connectivity index (χ1n) is 15.7. The Morgan fingerprint density at radius 2 is 1.83 bits per heavy atom. The molecule has 0 bridgehead atoms. The number of amides is 1. The van der Waals surface area contributed by atoms with Crippen LogP contribution in [0.1, 0.15) is 64.4 Å². The van der Waals surface area contributed by atoms with Gasteiger partial charge in [-0.15, -0.1) is 11.3 Å². The Kier molecular flexibility index (Phi) is 10.8. The van der Waals surface area contributed by atoms with E-state index in [0.29, 0.717) is 19.4 Å². The number of ether oxygens (including phenoxy) is 2. The van der Waals surface area contributed by atoms with Gasteiger partial charge in [0, 0.05) is 54.4 Å². The second-order valence-corrected chi connectivity index (χ2v) is 12.5. The Morgan fingerprint density at radius 1 is 0.976 bits per heavy atom. The summed E-state index contributed by atoms with van der Waals surface area (Å²) < 4.78 is 13.0. The number of nitrogens with zero attached hydrogens (tertiary/aromatic N) is 3. The van der Waals surface area contributed by atoms with Gasteiger partial charge in [0.2, 0.25) is 5.91 Å². The number of aryl methyl sites for hydroxylation is 1. The molecule has 3 heterocycles. The highest BCUT2D eigenvalue weighted by atomic mass is 32.1. The molecular weight excluding hydrogens is 546 g/mol. The third-order valence-electron chi connectivity index (χ3n) is 8.56. The lowest BCUT2D eigenvalue weighted by molar-refractivity contribution is -0.148. The van der Waals surface area contributed by atoms with Gasteiger partial charge in [-0.2, -0.15) is 0 Å². The number of fused-ring (bicyclic) bond motifs is 2. The van der Waals surface area contributed by atoms with Crippen molar-refractivity contribution < 1.29 is 19.1 Å². The summed E-state index contributed by atoms with van der Waals surface area (Å²) in [6.07, 6.45) is 7.25. The van der Waals surface area contributed by atoms with Crippen LogP contribution < -0.4 is 14.5 Å². The molecule has 1 fully saturated rings. The summed E-state index contributed by atoms with van der Waals surface area (Å²) in [6.45, 7) is 10.0. The van der Waals surface area contributed by atoms with Crippen LogP contribution in [0, 0.1) is 5.92 Å². The zero-order valence-corrected chi connectivity index (χ0v) is 26.0. The van der Waals surface area contributed by atoms with E-state index >= 15 is 0 Å². The van der Waals surface area contributed by atoms with E-state index in [1.165, 1.54) is 15.8 Å². The van der Waals surface area contributed by atoms with Gasteiger partial charge in [0.1, 0.15) is 5.75 Å². The third kappa shape index (κ3) is 7.64. The lowest BCUT2D eigenvalue weighted by atomic mass is 10.0. The van der Waals surface area contributed by atoms with Gasteiger partial charge in [-0.1, -0.05) is 45.2 Å². The molecule has 1 saturated heterocycles. The van der Waals surface area contributed by atoms with Crippen molar-refractivity contribution in [1.82, 2.24) is 4.90 Å². The number of esters is 1. The van der Waals surface area contributed by atoms with Crippen molar-refractivity contribution in [3.63, 3.8) is 0 Å². The first kappa shape index (κ1) is 30.4. The number of anilines is 2. The molecular formula is C34H45N3O4S. The van der Waals surface area contributed by atoms with Crippen LogP contribution in [0.5, 0.6) is 5.75 Å². The van der Waals surface area contributed by atoms with Crippen LogP contribution >= 0.6 is 11.3 Å². The van der Waals surface area contributed by atoms with Crippen molar-refractivity contribution in [3.8, 4) is 5.75 Å². The summed E-state index contributed by atoms with van der Waals surface area (Å²) in [7, 11) is 0. The minimum Gasteiger partial charge on any atom is -0.494 e. The molecule has 0 saturated carbocycles. The van der Waals surface area contributed by atoms with Crippen molar-refractivity contribution in [2.45, 2.75) is 65.2 Å². The second kappa shape index (κ2) is 14.9. The van der Waals surface area contributed by atoms with E-state index in [1.807, 2.05) is 36.5 Å². The van der Waals surface area contributed by atoms with E-state index in [9.17, 15) is 9.59 Å². The van der Waals surface area contributed by atoms with Crippen LogP contribution in [0.3, 0.4) is 0 Å². The molecule has 1 unspecified atom stereocenters. The molecule has 0 N–H and O–H groups in total. The largest absolute Gasteiger partial charge is 0.494 e. The minimum atomic E-state index is -0.236. The molecule has 0 spiro atoms. The fourth-order valence-electron chi connectivity index (χ4n) is 5.93. The van der Waals surface area contributed by atoms with E-state index in [2.05, 4.69) is 46.4 Å². The van der Waals surface area contributed by atoms with E-state index in [4.69, 9.17) is 9.47 Å². The molecule has 1 amide bonds. The normalized spacial score (nSPS) is 16.5. The van der Waals surface area contributed by atoms with Gasteiger partial charge in [0.25, 0.3) is 0 Å². The number of rotatable bonds is 14. The Labute approximate surface area is 254 Å². The molecule has 8 heteroatoms. The molecule has 7 nitrogen and oxygen atoms in total. The number of unbranched alkanes of at least 4 members (excludes halogenated alkanes) is 3. The second-order valence-electron chi connectivity index (χ2n) is 11.6. The quantitative estimate of drug-likeness (QED) is 0.150. The lowest BCUT2D eigenvalue weighted by Crippen LogP contribution is -2.46. The molecule has 226 valence electrons. The number of thiophene rings is 1. The first-order chi connectivity index (χ1) is 20.5. The standard InChI is InChI=1S/C34H45N3O4S/c1-3-4-5-9-26(2)34(39)41-25-37-31-24-28(14-12-27(31)13-15-33(37)38)40-22-7-6-17-35-18-20-36(21-19-35)30-10-8-11-32-29(30)16-23-42-32/h8,10-12,14,16,23-24,26H,3-7,9,13,15,17-22,25H2,1-2H3. The van der Waals surface area contributed by atoms with E-state index < -0.39 is 0 Å². The Hall–Kier alpha value is -3.10. The van der Waals surface area contributed by atoms with Crippen LogP contribution in [-0.4, -0.2) is 62.8 Å². The van der Waals surface area contributed by atoms with E-state index in [0.717, 1.165) is 88.2 Å². The van der Waals surface area contributed by atoms with Crippen LogP contribution in [0.2, 0.25) is 0 Å². The molecule has 2 aromatic carbocycles. The minimum absolute atomic E-state index is 0.0156. The summed E-state index contributed by atoms with van der Waals surface area (Å²) in [5, 5.41) is 3.55. The molecule has 1 atom stereocenters. The zero-order valence-electron chi connectivity index (χ0n) is 25.2. The molecule has 2 aliphatic heterocycles. The van der Waals surface area contributed by atoms with Gasteiger partial charge in [-0.05, 0) is 67.4 Å². The van der Waals surface area contributed by atoms with Crippen molar-refractivity contribution in [2.75, 3.05) is 55.9 Å². The number of carbonyl (C=O) groups is 2. The van der Waals surface area contributed by atoms with Crippen LogP contribution in [0.15, 0.2) is 47.8 Å². The number of hydrogen-bond acceptors (Lipinski definition) is 7. The Bertz CT molecular complexity index is 1330. The number of piperazine rings is 1. The molecule has 1 aromatic heterocycles. The SMILES string of the molecule is CCCCCC(C)C(=O)OCN1C(=O)CCc2ccc(OCCCCN3CCN(c4cccc5sccc45)CC3)cc21. The maximum atomic E-state index is 12.7. The van der Waals surface area contributed by atoms with Gasteiger partial charge >= 0.3 is 5.97 Å². The molecule has 0 aliphatic carbocycles. The molecule has 2 aliphatic rings. The van der Waals surface area contributed by atoms with Gasteiger partial charge in [0.15, 0.2) is 6.73 Å². The summed E-state index contributed by atoms with van der Waals surface area (Å²) >= 11 is 1.81. The summed E-state index contributed by atoms with van der Waals surface area (Å²) in [4.78, 5) is 31.9. The predicted octanol–water partition coefficient (Wildman–Crippen LogP) is 6.88. The van der Waals surface area contributed by atoms with Crippen molar-refractivity contribution in [3.05, 3.63) is 53.4 Å². The molecule has 42 heavy (non-hydrogen) atoms. The topological polar surface area (TPSA) is 62.3 Å². The smallest absolute Gasteiger partial charge is 0.310 e. The molecule has 0 radical (unpaired) electrons. The average Bonchev–Trinajstić information content (AvgIpc) is 3.50. The highest BCUT2D eigenvalue weighted by molar-refractivity contribution is 7.17.